The smallest absolute Gasteiger partial charge is 0.135 e. The quantitative estimate of drug-likeness (QED) is 0.255. The number of H-pyrrole nitrogens is 1. The van der Waals surface area contributed by atoms with Crippen molar-refractivity contribution in [2.75, 3.05) is 0 Å². The van der Waals surface area contributed by atoms with Gasteiger partial charge in [0.1, 0.15) is 11.0 Å². The number of rotatable bonds is 2. The molecule has 1 aliphatic rings. The van der Waals surface area contributed by atoms with Crippen molar-refractivity contribution in [2.24, 2.45) is 0 Å². The minimum absolute atomic E-state index is 0.956. The zero-order valence-corrected chi connectivity index (χ0v) is 21.2. The number of nitrogens with one attached hydrogen (secondary N) is 1. The fraction of sp³-hybridized carbons (Fsp3) is 0.0556. The van der Waals surface area contributed by atoms with Crippen molar-refractivity contribution >= 4 is 66.7 Å². The molecule has 0 saturated carbocycles. The fourth-order valence-corrected chi connectivity index (χ4v) is 6.70. The van der Waals surface area contributed by atoms with Crippen LogP contribution in [0.15, 0.2) is 108 Å². The molecule has 0 saturated heterocycles. The second-order valence-electron chi connectivity index (χ2n) is 10.5. The Bertz CT molecular complexity index is 2380. The molecule has 1 N–H and O–H groups in total. The van der Waals surface area contributed by atoms with Crippen molar-refractivity contribution in [3.63, 3.8) is 0 Å². The average molecular weight is 501 g/mol. The first-order valence-corrected chi connectivity index (χ1v) is 13.6. The largest absolute Gasteiger partial charge is 0.456 e. The summed E-state index contributed by atoms with van der Waals surface area (Å²) in [4.78, 5) is 3.74. The van der Waals surface area contributed by atoms with E-state index in [4.69, 9.17) is 4.42 Å². The van der Waals surface area contributed by atoms with E-state index in [9.17, 15) is 0 Å². The second-order valence-corrected chi connectivity index (χ2v) is 10.5. The molecule has 0 aliphatic heterocycles. The summed E-state index contributed by atoms with van der Waals surface area (Å²) in [5.41, 5.74) is 10.3. The monoisotopic (exact) mass is 500 g/mol. The number of fused-ring (bicyclic) bond motifs is 10. The van der Waals surface area contributed by atoms with Crippen molar-refractivity contribution in [2.45, 2.75) is 12.8 Å². The number of benzene rings is 5. The van der Waals surface area contributed by atoms with Crippen LogP contribution >= 0.6 is 0 Å². The van der Waals surface area contributed by atoms with Crippen LogP contribution in [-0.2, 0) is 0 Å². The van der Waals surface area contributed by atoms with Gasteiger partial charge in [0.05, 0.1) is 11.0 Å². The van der Waals surface area contributed by atoms with Crippen molar-refractivity contribution < 1.29 is 4.42 Å². The summed E-state index contributed by atoms with van der Waals surface area (Å²) < 4.78 is 8.57. The molecule has 0 radical (unpaired) electrons. The molecule has 5 aromatic carbocycles. The summed E-state index contributed by atoms with van der Waals surface area (Å²) in [6.07, 6.45) is 6.64. The standard InChI is InChI=1S/C36H24N2O/c1-2-9-23(10-3-1)38-30-15-6-4-12-26(30)35-31(38)19-18-29-36(35)34-24(13-8-14-28(34)37-29)22-17-20-33-27(21-22)25-11-5-7-16-32(25)39-33/h1-4,6,8-21,37H,5,7H2. The Morgan fingerprint density at radius 3 is 2.41 bits per heavy atom. The van der Waals surface area contributed by atoms with Gasteiger partial charge in [-0.1, -0.05) is 60.7 Å². The molecule has 3 nitrogen and oxygen atoms in total. The molecule has 3 heterocycles. The molecule has 3 aromatic heterocycles. The number of hydrogen-bond acceptors (Lipinski definition) is 1. The van der Waals surface area contributed by atoms with Crippen LogP contribution in [0.5, 0.6) is 0 Å². The highest BCUT2D eigenvalue weighted by molar-refractivity contribution is 6.30. The number of nitrogens with zero attached hydrogens (tertiary/aromatic N) is 1. The predicted molar refractivity (Wildman–Crippen MR) is 163 cm³/mol. The van der Waals surface area contributed by atoms with Crippen molar-refractivity contribution in [1.82, 2.24) is 9.55 Å². The Balaban J connectivity index is 1.43. The van der Waals surface area contributed by atoms with Gasteiger partial charge in [-0.15, -0.1) is 0 Å². The summed E-state index contributed by atoms with van der Waals surface area (Å²) in [6, 6.07) is 37.2. The number of furan rings is 1. The molecule has 1 aliphatic carbocycles. The van der Waals surface area contributed by atoms with Gasteiger partial charge >= 0.3 is 0 Å². The molecule has 0 amide bonds. The van der Waals surface area contributed by atoms with E-state index in [-0.39, 0.29) is 0 Å². The zero-order chi connectivity index (χ0) is 25.5. The highest BCUT2D eigenvalue weighted by atomic mass is 16.3. The maximum Gasteiger partial charge on any atom is 0.135 e. The number of para-hydroxylation sites is 2. The summed E-state index contributed by atoms with van der Waals surface area (Å²) in [6.45, 7) is 0. The minimum atomic E-state index is 0.956. The third-order valence-corrected chi connectivity index (χ3v) is 8.35. The SMILES string of the molecule is C1=c2oc3ccc(-c4cccc5[nH]c6ccc7c(c8ccccc8n7-c7ccccc7)c6c45)cc3c2=CCC1. The van der Waals surface area contributed by atoms with Gasteiger partial charge < -0.3 is 14.0 Å². The molecule has 8 aromatic rings. The number of aromatic amines is 1. The minimum Gasteiger partial charge on any atom is -0.456 e. The van der Waals surface area contributed by atoms with E-state index in [1.807, 2.05) is 0 Å². The lowest BCUT2D eigenvalue weighted by molar-refractivity contribution is 0.572. The Morgan fingerprint density at radius 2 is 1.46 bits per heavy atom. The summed E-state index contributed by atoms with van der Waals surface area (Å²) in [5.74, 6) is 0. The van der Waals surface area contributed by atoms with Gasteiger partial charge in [-0.05, 0) is 78.6 Å². The lowest BCUT2D eigenvalue weighted by Crippen LogP contribution is -2.22. The Labute approximate surface area is 223 Å². The molecule has 39 heavy (non-hydrogen) atoms. The molecular formula is C36H24N2O. The van der Waals surface area contributed by atoms with Gasteiger partial charge in [0.25, 0.3) is 0 Å². The Hall–Kier alpha value is -5.02. The summed E-state index contributed by atoms with van der Waals surface area (Å²) in [7, 11) is 0. The van der Waals surface area contributed by atoms with Crippen molar-refractivity contribution in [1.29, 1.82) is 0 Å². The lowest BCUT2D eigenvalue weighted by atomic mass is 9.96. The van der Waals surface area contributed by atoms with E-state index in [0.717, 1.165) is 34.9 Å². The van der Waals surface area contributed by atoms with Gasteiger partial charge in [0.15, 0.2) is 0 Å². The highest BCUT2D eigenvalue weighted by Crippen LogP contribution is 2.43. The predicted octanol–water partition coefficient (Wildman–Crippen LogP) is 8.19. The van der Waals surface area contributed by atoms with E-state index in [0.29, 0.717) is 0 Å². The Morgan fingerprint density at radius 1 is 0.615 bits per heavy atom. The highest BCUT2D eigenvalue weighted by Gasteiger charge is 2.19. The van der Waals surface area contributed by atoms with Crippen LogP contribution in [0.4, 0.5) is 0 Å². The van der Waals surface area contributed by atoms with E-state index in [2.05, 4.69) is 125 Å². The third-order valence-electron chi connectivity index (χ3n) is 8.35. The van der Waals surface area contributed by atoms with E-state index >= 15 is 0 Å². The van der Waals surface area contributed by atoms with Crippen molar-refractivity contribution in [3.05, 3.63) is 114 Å². The maximum absolute atomic E-state index is 6.18. The fourth-order valence-electron chi connectivity index (χ4n) is 6.70. The molecule has 0 unspecified atom stereocenters. The lowest BCUT2D eigenvalue weighted by Gasteiger charge is -2.08. The van der Waals surface area contributed by atoms with Gasteiger partial charge in [0.2, 0.25) is 0 Å². The summed E-state index contributed by atoms with van der Waals surface area (Å²) >= 11 is 0. The van der Waals surface area contributed by atoms with Crippen LogP contribution in [0.25, 0.3) is 83.5 Å². The van der Waals surface area contributed by atoms with Crippen LogP contribution in [0.3, 0.4) is 0 Å². The van der Waals surface area contributed by atoms with E-state index in [1.165, 1.54) is 60.0 Å². The molecule has 0 spiro atoms. The molecule has 0 bridgehead atoms. The first kappa shape index (κ1) is 21.0. The molecular weight excluding hydrogens is 476 g/mol. The molecule has 9 rings (SSSR count). The van der Waals surface area contributed by atoms with E-state index in [1.54, 1.807) is 0 Å². The molecule has 0 atom stereocenters. The number of hydrogen-bond donors (Lipinski definition) is 1. The average Bonchev–Trinajstić information content (AvgIpc) is 3.66. The third kappa shape index (κ3) is 2.87. The molecule has 0 fully saturated rings. The maximum atomic E-state index is 6.18. The first-order valence-electron chi connectivity index (χ1n) is 13.6. The van der Waals surface area contributed by atoms with Crippen LogP contribution < -0.4 is 10.6 Å². The van der Waals surface area contributed by atoms with E-state index < -0.39 is 0 Å². The van der Waals surface area contributed by atoms with Gasteiger partial charge in [-0.25, -0.2) is 0 Å². The first-order chi connectivity index (χ1) is 19.3. The second kappa shape index (κ2) is 7.75. The molecule has 184 valence electrons. The Kier molecular flexibility index (Phi) is 4.17. The zero-order valence-electron chi connectivity index (χ0n) is 21.2. The summed E-state index contributed by atoms with van der Waals surface area (Å²) in [5, 5.41) is 7.52. The number of aromatic nitrogens is 2. The topological polar surface area (TPSA) is 33.9 Å². The van der Waals surface area contributed by atoms with Crippen LogP contribution in [0.2, 0.25) is 0 Å². The molecule has 3 heteroatoms. The van der Waals surface area contributed by atoms with Gasteiger partial charge in [-0.3, -0.25) is 0 Å². The normalized spacial score (nSPS) is 13.3. The van der Waals surface area contributed by atoms with Crippen molar-refractivity contribution in [3.8, 4) is 16.8 Å². The van der Waals surface area contributed by atoms with Crippen LogP contribution in [0.1, 0.15) is 12.8 Å². The van der Waals surface area contributed by atoms with Crippen LogP contribution in [-0.4, -0.2) is 9.55 Å². The van der Waals surface area contributed by atoms with Gasteiger partial charge in [-0.2, -0.15) is 0 Å². The van der Waals surface area contributed by atoms with Crippen LogP contribution in [0, 0.1) is 0 Å². The van der Waals surface area contributed by atoms with Gasteiger partial charge in [0, 0.05) is 48.9 Å².